The molecule has 0 saturated carbocycles. The normalized spacial score (nSPS) is 16.9. The molecule has 0 aromatic rings. The summed E-state index contributed by atoms with van der Waals surface area (Å²) in [6.45, 7) is 0. The molecule has 0 aromatic carbocycles. The third kappa shape index (κ3) is 0.971. The van der Waals surface area contributed by atoms with E-state index < -0.39 is 0 Å². The first kappa shape index (κ1) is 4.73. The van der Waals surface area contributed by atoms with Crippen LogP contribution in [0.3, 0.4) is 0 Å². The Balaban J connectivity index is 2.69. The van der Waals surface area contributed by atoms with Gasteiger partial charge in [-0.2, -0.15) is 0 Å². The van der Waals surface area contributed by atoms with Gasteiger partial charge in [-0.05, 0) is 12.5 Å². The Morgan fingerprint density at radius 1 is 1.71 bits per heavy atom. The minimum atomic E-state index is 1.05. The van der Waals surface area contributed by atoms with Crippen molar-refractivity contribution in [1.29, 1.82) is 0 Å². The zero-order chi connectivity index (χ0) is 5.11. The molecule has 2 heteroatoms. The molecule has 0 radical (unpaired) electrons. The molecule has 0 aliphatic heterocycles. The first-order chi connectivity index (χ1) is 3.43. The molecule has 1 aliphatic carbocycles. The van der Waals surface area contributed by atoms with Gasteiger partial charge in [-0.15, -0.1) is 0 Å². The van der Waals surface area contributed by atoms with Crippen LogP contribution in [0, 0.1) is 0 Å². The maximum Gasteiger partial charge on any atom is 0.177 e. The van der Waals surface area contributed by atoms with Gasteiger partial charge >= 0.3 is 0 Å². The fourth-order valence-corrected chi connectivity index (χ4v) is 0.733. The zero-order valence-electron chi connectivity index (χ0n) is 3.96. The summed E-state index contributed by atoms with van der Waals surface area (Å²) in [5.74, 6) is 0. The van der Waals surface area contributed by atoms with Crippen LogP contribution in [-0.2, 0) is 0 Å². The summed E-state index contributed by atoms with van der Waals surface area (Å²) < 4.78 is 3.88. The van der Waals surface area contributed by atoms with Crippen LogP contribution < -0.4 is 0 Å². The van der Waals surface area contributed by atoms with E-state index in [9.17, 15) is 0 Å². The summed E-state index contributed by atoms with van der Waals surface area (Å²) in [5.41, 5.74) is 1.07. The zero-order valence-corrected chi connectivity index (χ0v) is 5.12. The molecular weight excluding hydrogens is 105 g/mol. The lowest BCUT2D eigenvalue weighted by Crippen LogP contribution is -1.54. The molecule has 36 valence electrons. The maximum atomic E-state index is 3.88. The Morgan fingerprint density at radius 3 is 2.86 bits per heavy atom. The first-order valence-electron chi connectivity index (χ1n) is 2.21. The van der Waals surface area contributed by atoms with Gasteiger partial charge < -0.3 is 0 Å². The topological polar surface area (TPSA) is 12.4 Å². The average Bonchev–Trinajstić information content (AvgIpc) is 2.14. The number of nitrogens with zero attached hydrogens (tertiary/aromatic N) is 1. The maximum absolute atomic E-state index is 3.88. The van der Waals surface area contributed by atoms with Crippen LogP contribution in [-0.4, -0.2) is 0 Å². The van der Waals surface area contributed by atoms with Gasteiger partial charge in [0, 0.05) is 0 Å². The summed E-state index contributed by atoms with van der Waals surface area (Å²) in [6, 6.07) is 0. The Morgan fingerprint density at radius 2 is 2.57 bits per heavy atom. The lowest BCUT2D eigenvalue weighted by atomic mass is 10.5. The Bertz CT molecular complexity index is 135. The summed E-state index contributed by atoms with van der Waals surface area (Å²) in [6.07, 6.45) is 7.22. The number of hydrogen-bond acceptors (Lipinski definition) is 1. The van der Waals surface area contributed by atoms with Crippen LogP contribution in [0.25, 0.3) is 0 Å². The van der Waals surface area contributed by atoms with Gasteiger partial charge in [0.25, 0.3) is 0 Å². The molecule has 0 bridgehead atoms. The van der Waals surface area contributed by atoms with Crippen molar-refractivity contribution in [2.75, 3.05) is 0 Å². The lowest BCUT2D eigenvalue weighted by Gasteiger charge is -1.70. The molecule has 0 heterocycles. The van der Waals surface area contributed by atoms with Gasteiger partial charge in [-0.3, -0.25) is 0 Å². The van der Waals surface area contributed by atoms with Crippen LogP contribution in [0.15, 0.2) is 28.7 Å². The largest absolute Gasteiger partial charge is 0.177 e. The van der Waals surface area contributed by atoms with E-state index in [1.807, 2.05) is 6.08 Å². The van der Waals surface area contributed by atoms with Crippen molar-refractivity contribution >= 4 is 9.03 Å². The highest BCUT2D eigenvalue weighted by atomic mass is 31.0. The Kier molecular flexibility index (Phi) is 1.38. The van der Waals surface area contributed by atoms with Crippen LogP contribution in [0.1, 0.15) is 6.42 Å². The van der Waals surface area contributed by atoms with Gasteiger partial charge in [0.2, 0.25) is 0 Å². The van der Waals surface area contributed by atoms with E-state index in [2.05, 4.69) is 25.9 Å². The highest BCUT2D eigenvalue weighted by Gasteiger charge is 1.92. The highest BCUT2D eigenvalue weighted by Crippen LogP contribution is 2.09. The molecule has 0 aromatic heterocycles. The second-order valence-electron chi connectivity index (χ2n) is 1.40. The highest BCUT2D eigenvalue weighted by molar-refractivity contribution is 7.04. The monoisotopic (exact) mass is 112 g/mol. The van der Waals surface area contributed by atoms with Crippen LogP contribution >= 0.6 is 9.03 Å². The van der Waals surface area contributed by atoms with Crippen molar-refractivity contribution in [3.05, 3.63) is 23.9 Å². The van der Waals surface area contributed by atoms with Crippen molar-refractivity contribution in [2.45, 2.75) is 6.42 Å². The number of rotatable bonds is 1. The minimum Gasteiger partial charge on any atom is -0.0787 e. The first-order valence-corrected chi connectivity index (χ1v) is 2.73. The molecule has 0 spiro atoms. The van der Waals surface area contributed by atoms with Gasteiger partial charge in [0.05, 0.1) is 0 Å². The van der Waals surface area contributed by atoms with Crippen molar-refractivity contribution in [3.63, 3.8) is 0 Å². The van der Waals surface area contributed by atoms with Gasteiger partial charge in [-0.25, -0.2) is 0 Å². The van der Waals surface area contributed by atoms with Crippen molar-refractivity contribution in [2.24, 2.45) is 4.74 Å². The van der Waals surface area contributed by atoms with Gasteiger partial charge in [0.15, 0.2) is 9.03 Å². The van der Waals surface area contributed by atoms with Crippen molar-refractivity contribution < 1.29 is 0 Å². The molecular formula is C5H7NP+. The molecule has 1 aliphatic rings. The molecule has 1 nitrogen and oxygen atoms in total. The summed E-state index contributed by atoms with van der Waals surface area (Å²) >= 11 is 0. The summed E-state index contributed by atoms with van der Waals surface area (Å²) in [4.78, 5) is 0. The molecule has 0 saturated heterocycles. The van der Waals surface area contributed by atoms with E-state index in [0.717, 1.165) is 12.1 Å². The molecule has 1 unspecified atom stereocenters. The van der Waals surface area contributed by atoms with E-state index in [0.29, 0.717) is 0 Å². The molecule has 7 heavy (non-hydrogen) atoms. The van der Waals surface area contributed by atoms with E-state index in [1.54, 1.807) is 0 Å². The summed E-state index contributed by atoms with van der Waals surface area (Å²) in [7, 11) is 2.33. The Hall–Kier alpha value is -0.420. The predicted octanol–water partition coefficient (Wildman–Crippen LogP) is 1.89. The number of allylic oxidation sites excluding steroid dienone is 3. The predicted molar refractivity (Wildman–Crippen MR) is 34.0 cm³/mol. The average molecular weight is 112 g/mol. The van der Waals surface area contributed by atoms with Crippen LogP contribution in [0.4, 0.5) is 0 Å². The Labute approximate surface area is 45.0 Å². The quantitative estimate of drug-likeness (QED) is 0.459. The van der Waals surface area contributed by atoms with E-state index in [-0.39, 0.29) is 0 Å². The van der Waals surface area contributed by atoms with E-state index in [1.165, 1.54) is 0 Å². The second-order valence-corrected chi connectivity index (χ2v) is 1.65. The second kappa shape index (κ2) is 2.04. The van der Waals surface area contributed by atoms with E-state index >= 15 is 0 Å². The molecule has 1 rings (SSSR count). The summed E-state index contributed by atoms with van der Waals surface area (Å²) in [5, 5.41) is 0. The van der Waals surface area contributed by atoms with Crippen molar-refractivity contribution in [3.8, 4) is 0 Å². The minimum absolute atomic E-state index is 1.05. The molecule has 1 atom stereocenters. The van der Waals surface area contributed by atoms with Gasteiger partial charge in [0.1, 0.15) is 5.70 Å². The number of hydrogen-bond donors (Lipinski definition) is 0. The smallest absolute Gasteiger partial charge is 0.0787 e. The third-order valence-corrected chi connectivity index (χ3v) is 1.20. The molecule has 0 N–H and O–H groups in total. The van der Waals surface area contributed by atoms with Crippen molar-refractivity contribution in [1.82, 2.24) is 0 Å². The fourth-order valence-electron chi connectivity index (χ4n) is 0.541. The fraction of sp³-hybridized carbons (Fsp3) is 0.200. The van der Waals surface area contributed by atoms with Crippen LogP contribution in [0.2, 0.25) is 0 Å². The molecule has 0 amide bonds. The van der Waals surface area contributed by atoms with Gasteiger partial charge in [-0.1, -0.05) is 16.9 Å². The third-order valence-electron chi connectivity index (χ3n) is 0.901. The lowest BCUT2D eigenvalue weighted by molar-refractivity contribution is 1.40. The molecule has 0 fully saturated rings. The van der Waals surface area contributed by atoms with E-state index in [4.69, 9.17) is 0 Å². The SMILES string of the molecule is [PH2+]=NC1=CCC=C1. The van der Waals surface area contributed by atoms with Crippen LogP contribution in [0.5, 0.6) is 0 Å². The standard InChI is InChI=1S/C5H6NP/c7-6-5-3-1-2-4-5/h1,3-4,7H,2H2/p+1.